The lowest BCUT2D eigenvalue weighted by molar-refractivity contribution is -0.139. The number of nitrogens with one attached hydrogen (secondary N) is 3. The van der Waals surface area contributed by atoms with Gasteiger partial charge in [0.1, 0.15) is 18.1 Å². The minimum absolute atomic E-state index is 0.227. The fourth-order valence-electron chi connectivity index (χ4n) is 4.72. The van der Waals surface area contributed by atoms with E-state index in [0.717, 1.165) is 30.6 Å². The number of urea groups is 1. The molecule has 1 atom stereocenters. The van der Waals surface area contributed by atoms with Gasteiger partial charge in [0.25, 0.3) is 5.91 Å². The molecule has 2 aliphatic heterocycles. The summed E-state index contributed by atoms with van der Waals surface area (Å²) in [6, 6.07) is -1.08. The highest BCUT2D eigenvalue weighted by atomic mass is 16.2. The van der Waals surface area contributed by atoms with Crippen LogP contribution in [-0.4, -0.2) is 77.7 Å². The van der Waals surface area contributed by atoms with E-state index in [1.54, 1.807) is 0 Å². The van der Waals surface area contributed by atoms with E-state index in [0.29, 0.717) is 31.7 Å². The molecule has 0 aromatic heterocycles. The maximum atomic E-state index is 12.9. The van der Waals surface area contributed by atoms with Crippen LogP contribution in [0.2, 0.25) is 0 Å². The average molecular weight is 421 g/mol. The zero-order valence-corrected chi connectivity index (χ0v) is 17.7. The zero-order valence-electron chi connectivity index (χ0n) is 17.7. The summed E-state index contributed by atoms with van der Waals surface area (Å²) in [5.74, 6) is -0.965. The van der Waals surface area contributed by atoms with Crippen LogP contribution >= 0.6 is 0 Å². The Morgan fingerprint density at radius 3 is 2.50 bits per heavy atom. The van der Waals surface area contributed by atoms with Gasteiger partial charge in [0.15, 0.2) is 0 Å². The fourth-order valence-corrected chi connectivity index (χ4v) is 4.72. The highest BCUT2D eigenvalue weighted by molar-refractivity contribution is 6.09. The van der Waals surface area contributed by atoms with Crippen LogP contribution in [-0.2, 0) is 19.2 Å². The lowest BCUT2D eigenvalue weighted by Gasteiger charge is -2.34. The Morgan fingerprint density at radius 2 is 1.87 bits per heavy atom. The number of hydrogen-bond donors (Lipinski definition) is 3. The highest BCUT2D eigenvalue weighted by Gasteiger charge is 2.52. The Bertz CT molecular complexity index is 731. The van der Waals surface area contributed by atoms with Gasteiger partial charge in [0.05, 0.1) is 6.54 Å². The molecular formula is C20H31N5O5. The Balaban J connectivity index is 1.51. The highest BCUT2D eigenvalue weighted by Crippen LogP contribution is 2.37. The van der Waals surface area contributed by atoms with Gasteiger partial charge in [-0.3, -0.25) is 24.1 Å². The number of carbonyl (C=O) groups is 5. The molecule has 0 aromatic rings. The first-order chi connectivity index (χ1) is 14.3. The van der Waals surface area contributed by atoms with Crippen LogP contribution in [0.5, 0.6) is 0 Å². The third kappa shape index (κ3) is 4.27. The summed E-state index contributed by atoms with van der Waals surface area (Å²) in [6.45, 7) is 1.88. The molecule has 6 amide bonds. The van der Waals surface area contributed by atoms with Crippen molar-refractivity contribution in [1.82, 2.24) is 25.8 Å². The largest absolute Gasteiger partial charge is 0.357 e. The first-order valence-electron chi connectivity index (χ1n) is 10.7. The van der Waals surface area contributed by atoms with E-state index in [1.165, 1.54) is 11.9 Å². The molecule has 1 unspecified atom stereocenters. The minimum Gasteiger partial charge on any atom is -0.357 e. The predicted octanol–water partition coefficient (Wildman–Crippen LogP) is -0.270. The zero-order chi connectivity index (χ0) is 21.9. The van der Waals surface area contributed by atoms with Gasteiger partial charge in [-0.1, -0.05) is 13.3 Å². The molecule has 3 rings (SSSR count). The number of likely N-dealkylation sites (tertiary alicyclic amines) is 1. The standard InChI is InChI=1S/C20H31N5O5/c1-3-13-6-8-20(9-7-13)18(29)25(19(30)23-20)12-15(26)22-11-16(27)24-10-4-5-14(24)17(28)21-2/h13-14H,3-12H2,1-2H3,(H,21,28)(H,22,26)(H,23,30). The van der Waals surface area contributed by atoms with Crippen LogP contribution in [0.3, 0.4) is 0 Å². The minimum atomic E-state index is -0.894. The van der Waals surface area contributed by atoms with Gasteiger partial charge in [-0.25, -0.2) is 4.79 Å². The number of carbonyl (C=O) groups excluding carboxylic acids is 5. The first-order valence-corrected chi connectivity index (χ1v) is 10.7. The first kappa shape index (κ1) is 22.0. The van der Waals surface area contributed by atoms with Crippen LogP contribution in [0.4, 0.5) is 4.79 Å². The Morgan fingerprint density at radius 1 is 1.17 bits per heavy atom. The number of imide groups is 1. The van der Waals surface area contributed by atoms with E-state index in [1.807, 2.05) is 0 Å². The van der Waals surface area contributed by atoms with Gasteiger partial charge in [0.2, 0.25) is 17.7 Å². The van der Waals surface area contributed by atoms with Crippen molar-refractivity contribution in [3.8, 4) is 0 Å². The third-order valence-corrected chi connectivity index (χ3v) is 6.64. The molecule has 1 aliphatic carbocycles. The van der Waals surface area contributed by atoms with Gasteiger partial charge in [0, 0.05) is 13.6 Å². The number of likely N-dealkylation sites (N-methyl/N-ethyl adjacent to an activating group) is 1. The van der Waals surface area contributed by atoms with E-state index in [-0.39, 0.29) is 24.3 Å². The number of hydrogen-bond acceptors (Lipinski definition) is 5. The summed E-state index contributed by atoms with van der Waals surface area (Å²) < 4.78 is 0. The topological polar surface area (TPSA) is 128 Å². The lowest BCUT2D eigenvalue weighted by Crippen LogP contribution is -2.51. The molecular weight excluding hydrogens is 390 g/mol. The number of rotatable bonds is 6. The molecule has 2 heterocycles. The smallest absolute Gasteiger partial charge is 0.325 e. The summed E-state index contributed by atoms with van der Waals surface area (Å²) in [5, 5.41) is 7.81. The number of amides is 6. The molecule has 3 N–H and O–H groups in total. The normalized spacial score (nSPS) is 28.6. The van der Waals surface area contributed by atoms with Crippen molar-refractivity contribution in [2.45, 2.75) is 63.5 Å². The molecule has 0 aromatic carbocycles. The predicted molar refractivity (Wildman–Crippen MR) is 107 cm³/mol. The molecule has 1 saturated carbocycles. The second kappa shape index (κ2) is 9.01. The third-order valence-electron chi connectivity index (χ3n) is 6.64. The van der Waals surface area contributed by atoms with Crippen molar-refractivity contribution in [3.05, 3.63) is 0 Å². The molecule has 2 saturated heterocycles. The maximum absolute atomic E-state index is 12.9. The Labute approximate surface area is 176 Å². The van der Waals surface area contributed by atoms with E-state index in [4.69, 9.17) is 0 Å². The maximum Gasteiger partial charge on any atom is 0.325 e. The van der Waals surface area contributed by atoms with Gasteiger partial charge in [-0.2, -0.15) is 0 Å². The van der Waals surface area contributed by atoms with Gasteiger partial charge < -0.3 is 20.9 Å². The van der Waals surface area contributed by atoms with Crippen LogP contribution in [0.1, 0.15) is 51.9 Å². The van der Waals surface area contributed by atoms with E-state index >= 15 is 0 Å². The summed E-state index contributed by atoms with van der Waals surface area (Å²) in [6.07, 6.45) is 5.28. The quantitative estimate of drug-likeness (QED) is 0.509. The molecule has 0 bridgehead atoms. The van der Waals surface area contributed by atoms with Crippen LogP contribution in [0.15, 0.2) is 0 Å². The van der Waals surface area contributed by atoms with Gasteiger partial charge in [-0.15, -0.1) is 0 Å². The molecule has 0 radical (unpaired) electrons. The van der Waals surface area contributed by atoms with Crippen LogP contribution in [0.25, 0.3) is 0 Å². The Kier molecular flexibility index (Phi) is 6.62. The summed E-state index contributed by atoms with van der Waals surface area (Å²) >= 11 is 0. The summed E-state index contributed by atoms with van der Waals surface area (Å²) in [7, 11) is 1.52. The summed E-state index contributed by atoms with van der Waals surface area (Å²) in [5.41, 5.74) is -0.894. The second-order valence-electron chi connectivity index (χ2n) is 8.39. The van der Waals surface area contributed by atoms with E-state index in [2.05, 4.69) is 22.9 Å². The SMILES string of the molecule is CCC1CCC2(CC1)NC(=O)N(CC(=O)NCC(=O)N1CCCC1C(=O)NC)C2=O. The molecule has 10 nitrogen and oxygen atoms in total. The molecule has 30 heavy (non-hydrogen) atoms. The van der Waals surface area contributed by atoms with E-state index < -0.39 is 30.1 Å². The van der Waals surface area contributed by atoms with Crippen LogP contribution < -0.4 is 16.0 Å². The second-order valence-corrected chi connectivity index (χ2v) is 8.39. The van der Waals surface area contributed by atoms with Crippen molar-refractivity contribution in [2.75, 3.05) is 26.7 Å². The Hall–Kier alpha value is -2.65. The number of nitrogens with zero attached hydrogens (tertiary/aromatic N) is 2. The van der Waals surface area contributed by atoms with Crippen molar-refractivity contribution in [3.63, 3.8) is 0 Å². The average Bonchev–Trinajstić information content (AvgIpc) is 3.32. The lowest BCUT2D eigenvalue weighted by atomic mass is 9.75. The van der Waals surface area contributed by atoms with E-state index in [9.17, 15) is 24.0 Å². The van der Waals surface area contributed by atoms with Crippen molar-refractivity contribution in [2.24, 2.45) is 5.92 Å². The molecule has 3 aliphatic rings. The van der Waals surface area contributed by atoms with Crippen molar-refractivity contribution < 1.29 is 24.0 Å². The fraction of sp³-hybridized carbons (Fsp3) is 0.750. The van der Waals surface area contributed by atoms with Crippen LogP contribution in [0, 0.1) is 5.92 Å². The molecule has 166 valence electrons. The van der Waals surface area contributed by atoms with Gasteiger partial charge in [-0.05, 0) is 44.4 Å². The van der Waals surface area contributed by atoms with Crippen molar-refractivity contribution >= 4 is 29.7 Å². The molecule has 3 fully saturated rings. The van der Waals surface area contributed by atoms with Gasteiger partial charge >= 0.3 is 6.03 Å². The molecule has 1 spiro atoms. The monoisotopic (exact) mass is 421 g/mol. The summed E-state index contributed by atoms with van der Waals surface area (Å²) in [4.78, 5) is 64.2. The molecule has 10 heteroatoms. The van der Waals surface area contributed by atoms with Crippen molar-refractivity contribution in [1.29, 1.82) is 0 Å².